The number of aryl methyl sites for hydroxylation is 2. The molecule has 3 aromatic carbocycles. The number of anilines is 3. The van der Waals surface area contributed by atoms with Crippen molar-refractivity contribution in [3.05, 3.63) is 94.4 Å². The fraction of sp³-hybridized carbons (Fsp3) is 0.115. The largest absolute Gasteiger partial charge is 0.497 e. The van der Waals surface area contributed by atoms with Gasteiger partial charge in [-0.1, -0.05) is 47.5 Å². The molecular formula is C26H24N2O4S2. The maximum absolute atomic E-state index is 13.7. The molecule has 0 saturated heterocycles. The van der Waals surface area contributed by atoms with Crippen molar-refractivity contribution in [3.63, 3.8) is 0 Å². The molecule has 4 rings (SSSR count). The van der Waals surface area contributed by atoms with Crippen LogP contribution in [0.5, 0.6) is 5.75 Å². The van der Waals surface area contributed by atoms with E-state index in [-0.39, 0.29) is 31.1 Å². The number of thiophene rings is 1. The molecule has 8 heteroatoms. The summed E-state index contributed by atoms with van der Waals surface area (Å²) in [6.07, 6.45) is 0. The number of ether oxygens (including phenoxy) is 1. The number of sulfone groups is 1. The normalized spacial score (nSPS) is 11.3. The van der Waals surface area contributed by atoms with E-state index in [1.54, 1.807) is 48.5 Å². The van der Waals surface area contributed by atoms with Gasteiger partial charge >= 0.3 is 0 Å². The zero-order valence-electron chi connectivity index (χ0n) is 19.0. The molecule has 0 radical (unpaired) electrons. The Morgan fingerprint density at radius 3 is 2.18 bits per heavy atom. The van der Waals surface area contributed by atoms with Crippen LogP contribution in [0.15, 0.2) is 82.6 Å². The van der Waals surface area contributed by atoms with E-state index >= 15 is 0 Å². The molecule has 0 atom stereocenters. The number of carbonyl (C=O) groups excluding carboxylic acids is 1. The number of nitrogen functional groups attached to an aromatic ring is 1. The average Bonchev–Trinajstić information content (AvgIpc) is 3.16. The van der Waals surface area contributed by atoms with Crippen molar-refractivity contribution in [2.45, 2.75) is 23.6 Å². The van der Waals surface area contributed by atoms with Gasteiger partial charge in [-0.25, -0.2) is 8.42 Å². The van der Waals surface area contributed by atoms with E-state index in [0.29, 0.717) is 17.0 Å². The molecule has 0 amide bonds. The van der Waals surface area contributed by atoms with Crippen LogP contribution in [0.4, 0.5) is 16.4 Å². The molecule has 174 valence electrons. The van der Waals surface area contributed by atoms with Gasteiger partial charge < -0.3 is 15.8 Å². The van der Waals surface area contributed by atoms with Crippen molar-refractivity contribution >= 4 is 43.3 Å². The Kier molecular flexibility index (Phi) is 6.45. The van der Waals surface area contributed by atoms with Crippen molar-refractivity contribution in [1.29, 1.82) is 0 Å². The molecule has 0 unspecified atom stereocenters. The first-order valence-corrected chi connectivity index (χ1v) is 12.8. The van der Waals surface area contributed by atoms with Crippen LogP contribution in [-0.2, 0) is 9.84 Å². The number of methoxy groups -OCH3 is 1. The van der Waals surface area contributed by atoms with Crippen LogP contribution < -0.4 is 15.8 Å². The molecule has 1 aromatic heterocycles. The van der Waals surface area contributed by atoms with Gasteiger partial charge in [0.25, 0.3) is 0 Å². The Morgan fingerprint density at radius 2 is 1.56 bits per heavy atom. The van der Waals surface area contributed by atoms with Gasteiger partial charge in [-0.15, -0.1) is 11.3 Å². The molecule has 0 fully saturated rings. The van der Waals surface area contributed by atoms with Crippen molar-refractivity contribution in [2.24, 2.45) is 0 Å². The molecule has 1 heterocycles. The summed E-state index contributed by atoms with van der Waals surface area (Å²) in [6.45, 7) is 3.84. The number of hydrogen-bond donors (Lipinski definition) is 2. The van der Waals surface area contributed by atoms with Gasteiger partial charge in [0.2, 0.25) is 15.6 Å². The van der Waals surface area contributed by atoms with Gasteiger partial charge in [0.15, 0.2) is 0 Å². The quantitative estimate of drug-likeness (QED) is 0.318. The second-order valence-corrected chi connectivity index (χ2v) is 10.8. The molecule has 6 nitrogen and oxygen atoms in total. The van der Waals surface area contributed by atoms with E-state index in [0.717, 1.165) is 22.5 Å². The Bertz CT molecular complexity index is 1460. The van der Waals surface area contributed by atoms with Gasteiger partial charge in [0.05, 0.1) is 17.7 Å². The summed E-state index contributed by atoms with van der Waals surface area (Å²) < 4.78 is 32.5. The smallest absolute Gasteiger partial charge is 0.211 e. The predicted molar refractivity (Wildman–Crippen MR) is 136 cm³/mol. The zero-order chi connectivity index (χ0) is 24.5. The van der Waals surface area contributed by atoms with Crippen molar-refractivity contribution < 1.29 is 17.9 Å². The monoisotopic (exact) mass is 492 g/mol. The third kappa shape index (κ3) is 4.55. The maximum Gasteiger partial charge on any atom is 0.211 e. The maximum atomic E-state index is 13.7. The predicted octanol–water partition coefficient (Wildman–Crippen LogP) is 5.76. The van der Waals surface area contributed by atoms with Crippen LogP contribution in [0.25, 0.3) is 0 Å². The van der Waals surface area contributed by atoms with Gasteiger partial charge in [0, 0.05) is 11.3 Å². The number of ketones is 1. The fourth-order valence-electron chi connectivity index (χ4n) is 3.45. The van der Waals surface area contributed by atoms with Crippen LogP contribution >= 0.6 is 11.3 Å². The minimum Gasteiger partial charge on any atom is -0.497 e. The lowest BCUT2D eigenvalue weighted by Gasteiger charge is -2.10. The Hall–Kier alpha value is -3.62. The van der Waals surface area contributed by atoms with Crippen LogP contribution in [-0.4, -0.2) is 21.3 Å². The fourth-order valence-corrected chi connectivity index (χ4v) is 6.38. The highest BCUT2D eigenvalue weighted by atomic mass is 32.2. The third-order valence-electron chi connectivity index (χ3n) is 5.35. The van der Waals surface area contributed by atoms with Gasteiger partial charge in [0.1, 0.15) is 20.5 Å². The van der Waals surface area contributed by atoms with Gasteiger partial charge in [-0.05, 0) is 50.2 Å². The first-order valence-electron chi connectivity index (χ1n) is 10.5. The molecule has 0 saturated carbocycles. The minimum absolute atomic E-state index is 0.0759. The SMILES string of the molecule is COc1cccc(C(=O)c2sc(Nc3ccc(C)cc3)c(S(=O)(=O)c3ccc(C)cc3)c2N)c1. The third-order valence-corrected chi connectivity index (χ3v) is 8.45. The lowest BCUT2D eigenvalue weighted by atomic mass is 10.1. The number of nitrogens with one attached hydrogen (secondary N) is 1. The Balaban J connectivity index is 1.87. The van der Waals surface area contributed by atoms with E-state index in [9.17, 15) is 13.2 Å². The average molecular weight is 493 g/mol. The summed E-state index contributed by atoms with van der Waals surface area (Å²) in [4.78, 5) is 13.5. The van der Waals surface area contributed by atoms with Crippen molar-refractivity contribution in [2.75, 3.05) is 18.2 Å². The zero-order valence-corrected chi connectivity index (χ0v) is 20.6. The van der Waals surface area contributed by atoms with Crippen LogP contribution in [0.1, 0.15) is 26.4 Å². The van der Waals surface area contributed by atoms with Crippen molar-refractivity contribution in [1.82, 2.24) is 0 Å². The summed E-state index contributed by atoms with van der Waals surface area (Å²) in [6, 6.07) is 20.7. The van der Waals surface area contributed by atoms with Crippen LogP contribution in [0, 0.1) is 13.8 Å². The number of nitrogens with two attached hydrogens (primary N) is 1. The topological polar surface area (TPSA) is 98.5 Å². The number of hydrogen-bond acceptors (Lipinski definition) is 7. The van der Waals surface area contributed by atoms with E-state index in [4.69, 9.17) is 10.5 Å². The lowest BCUT2D eigenvalue weighted by Crippen LogP contribution is -2.08. The molecule has 0 spiro atoms. The number of carbonyl (C=O) groups is 1. The van der Waals surface area contributed by atoms with E-state index in [2.05, 4.69) is 5.32 Å². The van der Waals surface area contributed by atoms with Gasteiger partial charge in [-0.3, -0.25) is 4.79 Å². The minimum atomic E-state index is -4.01. The number of benzene rings is 3. The first kappa shape index (κ1) is 23.5. The summed E-state index contributed by atoms with van der Waals surface area (Å²) >= 11 is 1.02. The molecule has 3 N–H and O–H groups in total. The summed E-state index contributed by atoms with van der Waals surface area (Å²) in [5.74, 6) is 0.144. The molecular weight excluding hydrogens is 468 g/mol. The molecule has 4 aromatic rings. The van der Waals surface area contributed by atoms with Gasteiger partial charge in [-0.2, -0.15) is 0 Å². The van der Waals surface area contributed by atoms with E-state index in [1.165, 1.54) is 7.11 Å². The summed E-state index contributed by atoms with van der Waals surface area (Å²) in [7, 11) is -2.49. The van der Waals surface area contributed by atoms with Crippen molar-refractivity contribution in [3.8, 4) is 5.75 Å². The molecule has 0 bridgehead atoms. The van der Waals surface area contributed by atoms with Crippen LogP contribution in [0.3, 0.4) is 0 Å². The first-order chi connectivity index (χ1) is 16.2. The summed E-state index contributed by atoms with van der Waals surface area (Å²) in [5, 5.41) is 3.44. The Labute approximate surface area is 202 Å². The van der Waals surface area contributed by atoms with Crippen LogP contribution in [0.2, 0.25) is 0 Å². The molecule has 0 aliphatic carbocycles. The second-order valence-electron chi connectivity index (χ2n) is 7.87. The second kappa shape index (κ2) is 9.32. The molecule has 0 aliphatic heterocycles. The standard InChI is InChI=1S/C26H24N2O4S2/c1-16-7-11-19(12-8-16)28-26-25(34(30,31)21-13-9-17(2)10-14-21)22(27)24(33-26)23(29)18-5-4-6-20(15-18)32-3/h4-15,28H,27H2,1-3H3. The highest BCUT2D eigenvalue weighted by molar-refractivity contribution is 7.92. The van der Waals surface area contributed by atoms with E-state index in [1.807, 2.05) is 38.1 Å². The summed E-state index contributed by atoms with van der Waals surface area (Å²) in [5.41, 5.74) is 9.35. The molecule has 34 heavy (non-hydrogen) atoms. The lowest BCUT2D eigenvalue weighted by molar-refractivity contribution is 0.104. The van der Waals surface area contributed by atoms with E-state index < -0.39 is 9.84 Å². The highest BCUT2D eigenvalue weighted by Gasteiger charge is 2.31. The molecule has 0 aliphatic rings. The Morgan fingerprint density at radius 1 is 0.941 bits per heavy atom. The highest BCUT2D eigenvalue weighted by Crippen LogP contribution is 2.44. The number of rotatable bonds is 7.